The number of rotatable bonds is 2. The summed E-state index contributed by atoms with van der Waals surface area (Å²) in [6.07, 6.45) is 3.48. The zero-order valence-electron chi connectivity index (χ0n) is 11.3. The van der Waals surface area contributed by atoms with E-state index in [0.29, 0.717) is 17.5 Å². The van der Waals surface area contributed by atoms with E-state index in [4.69, 9.17) is 5.73 Å². The van der Waals surface area contributed by atoms with Crippen LogP contribution in [0.25, 0.3) is 22.9 Å². The summed E-state index contributed by atoms with van der Waals surface area (Å²) in [5, 5.41) is 0. The molecule has 0 amide bonds. The molecule has 0 radical (unpaired) electrons. The summed E-state index contributed by atoms with van der Waals surface area (Å²) in [5.74, 6) is 1.34. The molecule has 0 aliphatic carbocycles. The maximum atomic E-state index is 6.01. The highest BCUT2D eigenvalue weighted by atomic mass is 127. The summed E-state index contributed by atoms with van der Waals surface area (Å²) in [7, 11) is 0. The molecule has 6 heteroatoms. The van der Waals surface area contributed by atoms with Crippen molar-refractivity contribution in [1.29, 1.82) is 0 Å². The molecule has 3 aromatic rings. The Morgan fingerprint density at radius 2 is 1.62 bits per heavy atom. The van der Waals surface area contributed by atoms with Gasteiger partial charge >= 0.3 is 0 Å². The van der Waals surface area contributed by atoms with Crippen molar-refractivity contribution >= 4 is 28.4 Å². The fourth-order valence-corrected chi connectivity index (χ4v) is 2.41. The molecule has 3 rings (SSSR count). The quantitative estimate of drug-likeness (QED) is 0.682. The van der Waals surface area contributed by atoms with Crippen molar-refractivity contribution in [2.75, 3.05) is 5.73 Å². The number of hydrogen-bond donors (Lipinski definition) is 1. The highest BCUT2D eigenvalue weighted by Gasteiger charge is 2.14. The van der Waals surface area contributed by atoms with Gasteiger partial charge < -0.3 is 5.73 Å². The maximum Gasteiger partial charge on any atom is 0.200 e. The first-order chi connectivity index (χ1) is 10.1. The average Bonchev–Trinajstić information content (AvgIpc) is 2.51. The van der Waals surface area contributed by atoms with Crippen LogP contribution in [-0.4, -0.2) is 19.9 Å². The van der Waals surface area contributed by atoms with E-state index in [1.165, 1.54) is 0 Å². The van der Waals surface area contributed by atoms with E-state index in [1.807, 2.05) is 37.3 Å². The number of benzene rings is 1. The van der Waals surface area contributed by atoms with Crippen molar-refractivity contribution in [3.8, 4) is 22.9 Å². The maximum absolute atomic E-state index is 6.01. The molecule has 0 aliphatic rings. The smallest absolute Gasteiger partial charge is 0.200 e. The second-order valence-corrected chi connectivity index (χ2v) is 5.62. The standard InChI is InChI=1S/C15H12IN5/c1-9-7-18-14(19-8-9)15-20-12(11(16)13(17)21-15)10-5-3-2-4-6-10/h2-8H,1H3,(H2,17,20,21). The number of halogens is 1. The fraction of sp³-hybridized carbons (Fsp3) is 0.0667. The second kappa shape index (κ2) is 5.72. The van der Waals surface area contributed by atoms with E-state index < -0.39 is 0 Å². The molecule has 2 heterocycles. The third kappa shape index (κ3) is 2.85. The first kappa shape index (κ1) is 13.9. The Hall–Kier alpha value is -2.09. The lowest BCUT2D eigenvalue weighted by Gasteiger charge is -2.08. The molecule has 2 N–H and O–H groups in total. The molecule has 1 aromatic carbocycles. The van der Waals surface area contributed by atoms with E-state index >= 15 is 0 Å². The van der Waals surface area contributed by atoms with E-state index in [0.717, 1.165) is 20.4 Å². The minimum Gasteiger partial charge on any atom is -0.383 e. The predicted molar refractivity (Wildman–Crippen MR) is 90.4 cm³/mol. The molecule has 0 aliphatic heterocycles. The third-order valence-corrected chi connectivity index (χ3v) is 3.97. The van der Waals surface area contributed by atoms with Gasteiger partial charge in [-0.15, -0.1) is 0 Å². The monoisotopic (exact) mass is 389 g/mol. The van der Waals surface area contributed by atoms with Crippen molar-refractivity contribution in [3.63, 3.8) is 0 Å². The Morgan fingerprint density at radius 3 is 2.29 bits per heavy atom. The predicted octanol–water partition coefficient (Wildman–Crippen LogP) is 3.10. The lowest BCUT2D eigenvalue weighted by Crippen LogP contribution is -2.04. The topological polar surface area (TPSA) is 77.6 Å². The van der Waals surface area contributed by atoms with Crippen LogP contribution in [0.2, 0.25) is 0 Å². The van der Waals surface area contributed by atoms with Crippen LogP contribution in [0.5, 0.6) is 0 Å². The highest BCUT2D eigenvalue weighted by Crippen LogP contribution is 2.28. The molecular weight excluding hydrogens is 377 g/mol. The molecule has 2 aromatic heterocycles. The van der Waals surface area contributed by atoms with Crippen LogP contribution in [0.4, 0.5) is 5.82 Å². The molecule has 0 atom stereocenters. The van der Waals surface area contributed by atoms with E-state index in [9.17, 15) is 0 Å². The van der Waals surface area contributed by atoms with Crippen molar-refractivity contribution in [2.45, 2.75) is 6.92 Å². The van der Waals surface area contributed by atoms with E-state index in [1.54, 1.807) is 12.4 Å². The summed E-state index contributed by atoms with van der Waals surface area (Å²) in [5.41, 5.74) is 8.78. The van der Waals surface area contributed by atoms with Gasteiger partial charge in [0.15, 0.2) is 11.6 Å². The number of aromatic nitrogens is 4. The minimum atomic E-state index is 0.434. The molecule has 0 spiro atoms. The Labute approximate surface area is 135 Å². The Balaban J connectivity index is 2.16. The molecule has 0 fully saturated rings. The fourth-order valence-electron chi connectivity index (χ4n) is 1.86. The number of aryl methyl sites for hydroxylation is 1. The van der Waals surface area contributed by atoms with Gasteiger partial charge in [-0.25, -0.2) is 19.9 Å². The summed E-state index contributed by atoms with van der Waals surface area (Å²) in [6.45, 7) is 1.93. The van der Waals surface area contributed by atoms with Crippen LogP contribution in [0.15, 0.2) is 42.7 Å². The van der Waals surface area contributed by atoms with Crippen molar-refractivity contribution in [3.05, 3.63) is 51.9 Å². The number of nitrogens with zero attached hydrogens (tertiary/aromatic N) is 4. The molecular formula is C15H12IN5. The molecule has 5 nitrogen and oxygen atoms in total. The lowest BCUT2D eigenvalue weighted by molar-refractivity contribution is 1.06. The molecule has 21 heavy (non-hydrogen) atoms. The zero-order valence-corrected chi connectivity index (χ0v) is 13.4. The van der Waals surface area contributed by atoms with Gasteiger partial charge in [0.2, 0.25) is 0 Å². The van der Waals surface area contributed by atoms with Crippen LogP contribution in [-0.2, 0) is 0 Å². The normalized spacial score (nSPS) is 10.6. The van der Waals surface area contributed by atoms with E-state index in [-0.39, 0.29) is 0 Å². The molecule has 0 saturated carbocycles. The van der Waals surface area contributed by atoms with Crippen molar-refractivity contribution < 1.29 is 0 Å². The van der Waals surface area contributed by atoms with Gasteiger partial charge in [0.05, 0.1) is 9.26 Å². The van der Waals surface area contributed by atoms with Crippen molar-refractivity contribution in [2.24, 2.45) is 0 Å². The highest BCUT2D eigenvalue weighted by molar-refractivity contribution is 14.1. The summed E-state index contributed by atoms with van der Waals surface area (Å²) in [4.78, 5) is 17.4. The van der Waals surface area contributed by atoms with Crippen LogP contribution >= 0.6 is 22.6 Å². The van der Waals surface area contributed by atoms with Crippen LogP contribution < -0.4 is 5.73 Å². The molecule has 0 bridgehead atoms. The lowest BCUT2D eigenvalue weighted by atomic mass is 10.1. The number of hydrogen-bond acceptors (Lipinski definition) is 5. The first-order valence-corrected chi connectivity index (χ1v) is 7.40. The summed E-state index contributed by atoms with van der Waals surface area (Å²) in [6, 6.07) is 9.87. The Morgan fingerprint density at radius 1 is 0.952 bits per heavy atom. The number of nitrogens with two attached hydrogens (primary N) is 1. The van der Waals surface area contributed by atoms with Crippen LogP contribution in [0.1, 0.15) is 5.56 Å². The third-order valence-electron chi connectivity index (χ3n) is 2.91. The largest absolute Gasteiger partial charge is 0.383 e. The van der Waals surface area contributed by atoms with Gasteiger partial charge in [0, 0.05) is 18.0 Å². The van der Waals surface area contributed by atoms with Gasteiger partial charge in [-0.2, -0.15) is 0 Å². The summed E-state index contributed by atoms with van der Waals surface area (Å²) >= 11 is 2.16. The molecule has 0 unspecified atom stereocenters. The van der Waals surface area contributed by atoms with Crippen molar-refractivity contribution in [1.82, 2.24) is 19.9 Å². The first-order valence-electron chi connectivity index (χ1n) is 6.32. The van der Waals surface area contributed by atoms with Gasteiger partial charge in [0.1, 0.15) is 5.82 Å². The zero-order chi connectivity index (χ0) is 14.8. The van der Waals surface area contributed by atoms with Crippen LogP contribution in [0, 0.1) is 10.5 Å². The minimum absolute atomic E-state index is 0.434. The number of anilines is 1. The van der Waals surface area contributed by atoms with Gasteiger partial charge in [-0.1, -0.05) is 30.3 Å². The Bertz CT molecular complexity index is 772. The van der Waals surface area contributed by atoms with E-state index in [2.05, 4.69) is 42.5 Å². The molecule has 0 saturated heterocycles. The molecule has 104 valence electrons. The SMILES string of the molecule is Cc1cnc(-c2nc(N)c(I)c(-c3ccccc3)n2)nc1. The Kier molecular flexibility index (Phi) is 3.78. The number of nitrogen functional groups attached to an aromatic ring is 1. The summed E-state index contributed by atoms with van der Waals surface area (Å²) < 4.78 is 0.828. The van der Waals surface area contributed by atoms with Gasteiger partial charge in [-0.3, -0.25) is 0 Å². The average molecular weight is 389 g/mol. The second-order valence-electron chi connectivity index (χ2n) is 4.55. The van der Waals surface area contributed by atoms with Gasteiger partial charge in [-0.05, 0) is 35.1 Å². The van der Waals surface area contributed by atoms with Gasteiger partial charge in [0.25, 0.3) is 0 Å². The van der Waals surface area contributed by atoms with Crippen LogP contribution in [0.3, 0.4) is 0 Å².